The highest BCUT2D eigenvalue weighted by Gasteiger charge is 2.41. The zero-order chi connectivity index (χ0) is 13.6. The van der Waals surface area contributed by atoms with E-state index < -0.39 is 11.4 Å². The summed E-state index contributed by atoms with van der Waals surface area (Å²) in [6.07, 6.45) is 4.25. The molecular formula is C13H22N2O3. The Morgan fingerprint density at radius 3 is 2.50 bits per heavy atom. The van der Waals surface area contributed by atoms with Gasteiger partial charge in [0.05, 0.1) is 5.41 Å². The third-order valence-corrected chi connectivity index (χ3v) is 3.59. The summed E-state index contributed by atoms with van der Waals surface area (Å²) < 4.78 is 0. The summed E-state index contributed by atoms with van der Waals surface area (Å²) in [5.41, 5.74) is -0.635. The molecule has 0 saturated carbocycles. The van der Waals surface area contributed by atoms with Crippen molar-refractivity contribution in [2.24, 2.45) is 5.41 Å². The highest BCUT2D eigenvalue weighted by molar-refractivity contribution is 5.77. The Balaban J connectivity index is 2.55. The minimum Gasteiger partial charge on any atom is -0.481 e. The SMILES string of the molecule is C=CCNC(=O)N1CCC(CCC)(C(=O)O)CC1. The molecule has 1 rings (SSSR count). The van der Waals surface area contributed by atoms with E-state index in [2.05, 4.69) is 11.9 Å². The number of likely N-dealkylation sites (tertiary alicyclic amines) is 1. The van der Waals surface area contributed by atoms with Crippen molar-refractivity contribution >= 4 is 12.0 Å². The summed E-state index contributed by atoms with van der Waals surface area (Å²) in [5.74, 6) is -0.726. The molecular weight excluding hydrogens is 232 g/mol. The molecule has 1 aliphatic heterocycles. The molecule has 0 aromatic heterocycles. The van der Waals surface area contributed by atoms with E-state index in [0.29, 0.717) is 38.9 Å². The number of urea groups is 1. The summed E-state index contributed by atoms with van der Waals surface area (Å²) >= 11 is 0. The maximum absolute atomic E-state index is 11.7. The smallest absolute Gasteiger partial charge is 0.317 e. The lowest BCUT2D eigenvalue weighted by Crippen LogP contribution is -2.49. The standard InChI is InChI=1S/C13H22N2O3/c1-3-5-13(11(16)17)6-9-15(10-7-13)12(18)14-8-4-2/h4H,2-3,5-10H2,1H3,(H,14,18)(H,16,17). The summed E-state index contributed by atoms with van der Waals surface area (Å²) in [4.78, 5) is 24.8. The van der Waals surface area contributed by atoms with E-state index >= 15 is 0 Å². The zero-order valence-corrected chi connectivity index (χ0v) is 10.9. The maximum atomic E-state index is 11.7. The molecule has 1 saturated heterocycles. The number of aliphatic carboxylic acids is 1. The van der Waals surface area contributed by atoms with E-state index in [1.54, 1.807) is 11.0 Å². The Bertz CT molecular complexity index is 320. The van der Waals surface area contributed by atoms with Crippen LogP contribution in [0, 0.1) is 5.41 Å². The predicted octanol–water partition coefficient (Wildman–Crippen LogP) is 1.85. The fourth-order valence-corrected chi connectivity index (χ4v) is 2.46. The Kier molecular flexibility index (Phi) is 5.19. The first-order valence-electron chi connectivity index (χ1n) is 6.43. The van der Waals surface area contributed by atoms with Gasteiger partial charge in [-0.25, -0.2) is 4.79 Å². The van der Waals surface area contributed by atoms with Crippen LogP contribution in [0.25, 0.3) is 0 Å². The topological polar surface area (TPSA) is 69.6 Å². The average Bonchev–Trinajstić information content (AvgIpc) is 2.37. The van der Waals surface area contributed by atoms with Gasteiger partial charge in [0.15, 0.2) is 0 Å². The Labute approximate surface area is 108 Å². The summed E-state index contributed by atoms with van der Waals surface area (Å²) in [5, 5.41) is 12.1. The van der Waals surface area contributed by atoms with Crippen molar-refractivity contribution < 1.29 is 14.7 Å². The number of nitrogens with one attached hydrogen (secondary N) is 1. The van der Waals surface area contributed by atoms with Crippen LogP contribution < -0.4 is 5.32 Å². The number of amides is 2. The highest BCUT2D eigenvalue weighted by Crippen LogP contribution is 2.36. The van der Waals surface area contributed by atoms with Crippen LogP contribution in [-0.4, -0.2) is 41.6 Å². The van der Waals surface area contributed by atoms with Gasteiger partial charge in [0, 0.05) is 19.6 Å². The van der Waals surface area contributed by atoms with E-state index in [-0.39, 0.29) is 6.03 Å². The van der Waals surface area contributed by atoms with Gasteiger partial charge < -0.3 is 15.3 Å². The molecule has 102 valence electrons. The Hall–Kier alpha value is -1.52. The normalized spacial score (nSPS) is 18.2. The van der Waals surface area contributed by atoms with Crippen molar-refractivity contribution in [3.05, 3.63) is 12.7 Å². The number of carbonyl (C=O) groups is 2. The number of carbonyl (C=O) groups excluding carboxylic acids is 1. The zero-order valence-electron chi connectivity index (χ0n) is 10.9. The largest absolute Gasteiger partial charge is 0.481 e. The summed E-state index contributed by atoms with van der Waals surface area (Å²) in [6, 6.07) is -0.134. The second-order valence-corrected chi connectivity index (χ2v) is 4.80. The van der Waals surface area contributed by atoms with Crippen molar-refractivity contribution in [3.63, 3.8) is 0 Å². The second-order valence-electron chi connectivity index (χ2n) is 4.80. The quantitative estimate of drug-likeness (QED) is 0.736. The van der Waals surface area contributed by atoms with E-state index in [9.17, 15) is 14.7 Å². The molecule has 0 spiro atoms. The highest BCUT2D eigenvalue weighted by atomic mass is 16.4. The molecule has 5 nitrogen and oxygen atoms in total. The van der Waals surface area contributed by atoms with Crippen molar-refractivity contribution in [3.8, 4) is 0 Å². The second kappa shape index (κ2) is 6.42. The molecule has 1 fully saturated rings. The summed E-state index contributed by atoms with van der Waals surface area (Å²) in [6.45, 7) is 6.99. The van der Waals surface area contributed by atoms with Crippen LogP contribution in [0.15, 0.2) is 12.7 Å². The molecule has 0 aromatic carbocycles. The summed E-state index contributed by atoms with van der Waals surface area (Å²) in [7, 11) is 0. The van der Waals surface area contributed by atoms with Gasteiger partial charge in [0.1, 0.15) is 0 Å². The molecule has 0 unspecified atom stereocenters. The minimum atomic E-state index is -0.726. The minimum absolute atomic E-state index is 0.134. The third-order valence-electron chi connectivity index (χ3n) is 3.59. The molecule has 0 aromatic rings. The Morgan fingerprint density at radius 2 is 2.06 bits per heavy atom. The molecule has 0 radical (unpaired) electrons. The van der Waals surface area contributed by atoms with Crippen molar-refractivity contribution in [2.45, 2.75) is 32.6 Å². The molecule has 2 N–H and O–H groups in total. The van der Waals surface area contributed by atoms with Crippen molar-refractivity contribution in [1.29, 1.82) is 0 Å². The average molecular weight is 254 g/mol. The van der Waals surface area contributed by atoms with E-state index in [1.807, 2.05) is 6.92 Å². The van der Waals surface area contributed by atoms with Gasteiger partial charge in [-0.2, -0.15) is 0 Å². The van der Waals surface area contributed by atoms with Crippen LogP contribution in [-0.2, 0) is 4.79 Å². The molecule has 0 bridgehead atoms. The van der Waals surface area contributed by atoms with Crippen LogP contribution in [0.1, 0.15) is 32.6 Å². The van der Waals surface area contributed by atoms with Gasteiger partial charge in [-0.3, -0.25) is 4.79 Å². The molecule has 0 atom stereocenters. The van der Waals surface area contributed by atoms with Crippen LogP contribution in [0.4, 0.5) is 4.79 Å². The van der Waals surface area contributed by atoms with Crippen LogP contribution in [0.2, 0.25) is 0 Å². The number of carboxylic acids is 1. The molecule has 1 aliphatic rings. The lowest BCUT2D eigenvalue weighted by molar-refractivity contribution is -0.152. The van der Waals surface area contributed by atoms with E-state index in [4.69, 9.17) is 0 Å². The third kappa shape index (κ3) is 3.24. The van der Waals surface area contributed by atoms with Gasteiger partial charge in [0.25, 0.3) is 0 Å². The molecule has 2 amide bonds. The van der Waals surface area contributed by atoms with Crippen molar-refractivity contribution in [1.82, 2.24) is 10.2 Å². The molecule has 0 aliphatic carbocycles. The lowest BCUT2D eigenvalue weighted by atomic mass is 9.75. The number of rotatable bonds is 5. The number of hydrogen-bond donors (Lipinski definition) is 2. The molecule has 18 heavy (non-hydrogen) atoms. The van der Waals surface area contributed by atoms with Gasteiger partial charge in [-0.15, -0.1) is 6.58 Å². The predicted molar refractivity (Wildman–Crippen MR) is 69.4 cm³/mol. The van der Waals surface area contributed by atoms with Crippen LogP contribution in [0.5, 0.6) is 0 Å². The van der Waals surface area contributed by atoms with Gasteiger partial charge in [-0.05, 0) is 19.3 Å². The van der Waals surface area contributed by atoms with Gasteiger partial charge >= 0.3 is 12.0 Å². The molecule has 5 heteroatoms. The first kappa shape index (κ1) is 14.5. The van der Waals surface area contributed by atoms with E-state index in [0.717, 1.165) is 6.42 Å². The first-order valence-corrected chi connectivity index (χ1v) is 6.43. The fraction of sp³-hybridized carbons (Fsp3) is 0.692. The van der Waals surface area contributed by atoms with Crippen molar-refractivity contribution in [2.75, 3.05) is 19.6 Å². The maximum Gasteiger partial charge on any atom is 0.317 e. The number of nitrogens with zero attached hydrogens (tertiary/aromatic N) is 1. The molecule has 1 heterocycles. The lowest BCUT2D eigenvalue weighted by Gasteiger charge is -2.38. The van der Waals surface area contributed by atoms with Gasteiger partial charge in [0.2, 0.25) is 0 Å². The Morgan fingerprint density at radius 1 is 1.44 bits per heavy atom. The first-order chi connectivity index (χ1) is 8.55. The van der Waals surface area contributed by atoms with E-state index in [1.165, 1.54) is 0 Å². The van der Waals surface area contributed by atoms with Crippen LogP contribution >= 0.6 is 0 Å². The number of carboxylic acid groups (broad SMARTS) is 1. The van der Waals surface area contributed by atoms with Gasteiger partial charge in [-0.1, -0.05) is 19.4 Å². The monoisotopic (exact) mass is 254 g/mol. The van der Waals surface area contributed by atoms with Crippen LogP contribution in [0.3, 0.4) is 0 Å². The number of hydrogen-bond acceptors (Lipinski definition) is 2. The number of piperidine rings is 1. The fourth-order valence-electron chi connectivity index (χ4n) is 2.46.